The molecule has 0 unspecified atom stereocenters. The first kappa shape index (κ1) is 44.9. The van der Waals surface area contributed by atoms with E-state index < -0.39 is 34.7 Å². The summed E-state index contributed by atoms with van der Waals surface area (Å²) in [6, 6.07) is 31.6. The number of nitrogens with one attached hydrogen (secondary N) is 3. The second kappa shape index (κ2) is 19.9. The van der Waals surface area contributed by atoms with Gasteiger partial charge in [-0.05, 0) is 73.0 Å². The molecular weight excluding hydrogens is 835 g/mol. The zero-order valence-electron chi connectivity index (χ0n) is 35.4. The average Bonchev–Trinajstić information content (AvgIpc) is 3.65. The molecule has 65 heavy (non-hydrogen) atoms. The Bertz CT molecular complexity index is 3110. The van der Waals surface area contributed by atoms with Crippen molar-refractivity contribution in [1.29, 1.82) is 0 Å². The van der Waals surface area contributed by atoms with E-state index in [1.54, 1.807) is 24.3 Å². The number of carbonyl (C=O) groups excluding carboxylic acids is 2. The van der Waals surface area contributed by atoms with E-state index in [4.69, 9.17) is 9.41 Å². The van der Waals surface area contributed by atoms with Crippen LogP contribution in [0.4, 0.5) is 14.5 Å². The van der Waals surface area contributed by atoms with Gasteiger partial charge in [-0.25, -0.2) is 18.6 Å². The molecule has 0 bridgehead atoms. The van der Waals surface area contributed by atoms with Crippen LogP contribution in [0, 0.1) is 11.6 Å². The van der Waals surface area contributed by atoms with E-state index in [2.05, 4.69) is 15.6 Å². The first-order chi connectivity index (χ1) is 31.5. The summed E-state index contributed by atoms with van der Waals surface area (Å²) in [5, 5.41) is 37.6. The summed E-state index contributed by atoms with van der Waals surface area (Å²) < 4.78 is 34.8. The van der Waals surface area contributed by atoms with Gasteiger partial charge in [0.25, 0.3) is 11.8 Å². The Hall–Kier alpha value is -8.13. The number of rotatable bonds is 14. The third kappa shape index (κ3) is 9.76. The fourth-order valence-electron chi connectivity index (χ4n) is 7.53. The molecule has 6 N–H and O–H groups in total. The van der Waals surface area contributed by atoms with Gasteiger partial charge in [0.05, 0.1) is 22.5 Å². The number of aromatic amines is 1. The molecule has 0 fully saturated rings. The summed E-state index contributed by atoms with van der Waals surface area (Å²) in [6.07, 6.45) is 2.82. The fourth-order valence-corrected chi connectivity index (χ4v) is 7.53. The number of para-hydroxylation sites is 1. The molecule has 6 aromatic rings. The molecule has 0 spiro atoms. The predicted octanol–water partition coefficient (Wildman–Crippen LogP) is 10.3. The fraction of sp³-hybridized carbons (Fsp3) is 0.157. The maximum Gasteiger partial charge on any atom is 0.336 e. The molecule has 14 heteroatoms. The van der Waals surface area contributed by atoms with Crippen LogP contribution < -0.4 is 16.1 Å². The molecule has 0 saturated heterocycles. The molecule has 2 heterocycles. The quantitative estimate of drug-likeness (QED) is 0.0353. The molecule has 0 atom stereocenters. The topological polar surface area (TPSA) is 194 Å². The third-order valence-electron chi connectivity index (χ3n) is 10.6. The minimum absolute atomic E-state index is 0.00272. The number of unbranched alkanes of at least 4 members (excludes halogenated alkanes) is 3. The monoisotopic (exact) mass is 878 g/mol. The number of H-pyrrole nitrogens is 1. The number of benzene rings is 6. The Morgan fingerprint density at radius 3 is 2.02 bits per heavy atom. The summed E-state index contributed by atoms with van der Waals surface area (Å²) in [5.74, 6) is -5.21. The molecular formula is C51H44F2N4O8. The van der Waals surface area contributed by atoms with E-state index in [1.807, 2.05) is 68.4 Å². The number of nitrogens with zero attached hydrogens (tertiary/aromatic N) is 1. The van der Waals surface area contributed by atoms with Gasteiger partial charge in [0.15, 0.2) is 23.3 Å². The van der Waals surface area contributed by atoms with Gasteiger partial charge in [0.2, 0.25) is 5.43 Å². The largest absolute Gasteiger partial charge is 0.505 e. The molecule has 1 aliphatic heterocycles. The number of phenolic OH excluding ortho intramolecular Hbond substituents is 1. The molecule has 0 radical (unpaired) electrons. The Morgan fingerprint density at radius 1 is 0.677 bits per heavy atom. The van der Waals surface area contributed by atoms with Crippen molar-refractivity contribution < 1.29 is 42.9 Å². The highest BCUT2D eigenvalue weighted by Crippen LogP contribution is 2.43. The minimum atomic E-state index is -1.42. The predicted molar refractivity (Wildman–Crippen MR) is 246 cm³/mol. The summed E-state index contributed by atoms with van der Waals surface area (Å²) >= 11 is 0. The van der Waals surface area contributed by atoms with Crippen molar-refractivity contribution in [3.05, 3.63) is 171 Å². The lowest BCUT2D eigenvalue weighted by atomic mass is 9.89. The van der Waals surface area contributed by atoms with Crippen LogP contribution in [0.1, 0.15) is 81.7 Å². The van der Waals surface area contributed by atoms with Crippen LogP contribution in [0.5, 0.6) is 11.6 Å². The number of fused-ring (bicyclic) bond motifs is 3. The van der Waals surface area contributed by atoms with Crippen LogP contribution in [0.3, 0.4) is 0 Å². The van der Waals surface area contributed by atoms with Gasteiger partial charge < -0.3 is 35.4 Å². The van der Waals surface area contributed by atoms with Crippen LogP contribution in [0.15, 0.2) is 136 Å². The van der Waals surface area contributed by atoms with E-state index >= 15 is 0 Å². The number of aromatic nitrogens is 1. The molecule has 2 amide bonds. The number of carbonyl (C=O) groups is 3. The molecule has 12 nitrogen and oxygen atoms in total. The number of carboxylic acid groups (broad SMARTS) is 1. The van der Waals surface area contributed by atoms with Gasteiger partial charge in [0, 0.05) is 69.3 Å². The highest BCUT2D eigenvalue weighted by atomic mass is 19.1. The zero-order valence-corrected chi connectivity index (χ0v) is 35.4. The van der Waals surface area contributed by atoms with Crippen molar-refractivity contribution in [3.63, 3.8) is 0 Å². The lowest BCUT2D eigenvalue weighted by Gasteiger charge is -2.17. The first-order valence-corrected chi connectivity index (χ1v) is 21.0. The number of carboxylic acids is 1. The van der Waals surface area contributed by atoms with Gasteiger partial charge in [-0.2, -0.15) is 0 Å². The molecule has 8 rings (SSSR count). The van der Waals surface area contributed by atoms with Crippen LogP contribution in [-0.2, 0) is 0 Å². The van der Waals surface area contributed by atoms with E-state index in [0.717, 1.165) is 59.6 Å². The number of aliphatic imine (C=N–C) groups is 1. The first-order valence-electron chi connectivity index (χ1n) is 21.0. The van der Waals surface area contributed by atoms with Crippen LogP contribution >= 0.6 is 0 Å². The summed E-state index contributed by atoms with van der Waals surface area (Å²) in [4.78, 5) is 58.6. The van der Waals surface area contributed by atoms with E-state index in [9.17, 15) is 43.3 Å². The number of phenols is 1. The van der Waals surface area contributed by atoms with Crippen LogP contribution in [0.25, 0.3) is 44.3 Å². The van der Waals surface area contributed by atoms with Gasteiger partial charge in [-0.1, -0.05) is 81.3 Å². The number of hydrogen-bond donors (Lipinski definition) is 6. The van der Waals surface area contributed by atoms with Crippen molar-refractivity contribution in [2.24, 2.45) is 4.99 Å². The van der Waals surface area contributed by atoms with Crippen molar-refractivity contribution in [1.82, 2.24) is 15.6 Å². The summed E-state index contributed by atoms with van der Waals surface area (Å²) in [5.41, 5.74) is 2.48. The van der Waals surface area contributed by atoms with Gasteiger partial charge in [-0.3, -0.25) is 14.4 Å². The summed E-state index contributed by atoms with van der Waals surface area (Å²) in [7, 11) is 0. The molecule has 1 aromatic heterocycles. The van der Waals surface area contributed by atoms with Gasteiger partial charge in [0.1, 0.15) is 11.3 Å². The number of amides is 2. The van der Waals surface area contributed by atoms with Crippen molar-refractivity contribution >= 4 is 51.1 Å². The van der Waals surface area contributed by atoms with E-state index in [1.165, 1.54) is 12.1 Å². The Balaban J connectivity index is 0.00000311. The van der Waals surface area contributed by atoms with Crippen molar-refractivity contribution in [2.45, 2.75) is 39.5 Å². The summed E-state index contributed by atoms with van der Waals surface area (Å²) in [6.45, 7) is 4.73. The highest BCUT2D eigenvalue weighted by Gasteiger charge is 2.25. The van der Waals surface area contributed by atoms with Crippen molar-refractivity contribution in [2.75, 3.05) is 13.1 Å². The average molecular weight is 879 g/mol. The number of aromatic carboxylic acids is 1. The molecule has 330 valence electrons. The van der Waals surface area contributed by atoms with E-state index in [-0.39, 0.29) is 56.3 Å². The highest BCUT2D eigenvalue weighted by molar-refractivity contribution is 6.22. The second-order valence-corrected chi connectivity index (χ2v) is 14.8. The van der Waals surface area contributed by atoms with E-state index in [0.29, 0.717) is 48.5 Å². The maximum absolute atomic E-state index is 14.6. The van der Waals surface area contributed by atoms with Gasteiger partial charge >= 0.3 is 5.97 Å². The Labute approximate surface area is 371 Å². The third-order valence-corrected chi connectivity index (χ3v) is 10.6. The molecule has 2 aliphatic rings. The van der Waals surface area contributed by atoms with Crippen LogP contribution in [0.2, 0.25) is 0 Å². The molecule has 1 aliphatic carbocycles. The number of halogens is 2. The number of hydrogen-bond acceptors (Lipinski definition) is 8. The second-order valence-electron chi connectivity index (χ2n) is 14.8. The minimum Gasteiger partial charge on any atom is -0.505 e. The van der Waals surface area contributed by atoms with Crippen molar-refractivity contribution in [3.8, 4) is 34.1 Å². The normalized spacial score (nSPS) is 11.4. The maximum atomic E-state index is 14.6. The Morgan fingerprint density at radius 2 is 1.32 bits per heavy atom. The SMILES string of the molecule is CC.O=C(NCCCCCCNC(=O)c1ccc(-c2c3cc(F)c(=O)cc-3oc3cc(O)c(F)cc23)c(C(=O)O)c1)c1ccc(N=C(c2ccccc2)c2c(O)[nH]c3ccccc23)cc1. The molecule has 0 saturated carbocycles. The lowest BCUT2D eigenvalue weighted by Crippen LogP contribution is -2.25. The standard InChI is InChI=1S/C49H38F2N4O8.C2H6/c50-36-23-34-41(25-39(36)56)63-42-26-40(57)37(51)24-35(42)43(34)31-19-16-29(22-33(31)49(61)62)47(59)53-21-9-2-1-8-20-52-46(58)28-14-17-30(18-15-28)54-45(27-10-4-3-5-11-27)44-32-12-6-7-13-38(32)55-48(44)60;1-2/h3-7,10-19,22-26,55-56,60H,1-2,8-9,20-21H2,(H,52,58)(H,53,59)(H,61,62);1-2H3. The number of aromatic hydroxyl groups is 2. The van der Waals surface area contributed by atoms with Crippen LogP contribution in [-0.4, -0.2) is 56.9 Å². The lowest BCUT2D eigenvalue weighted by molar-refractivity contribution is 0.0697. The zero-order chi connectivity index (χ0) is 46.2. The molecule has 5 aromatic carbocycles. The smallest absolute Gasteiger partial charge is 0.336 e. The van der Waals surface area contributed by atoms with Gasteiger partial charge in [-0.15, -0.1) is 0 Å². The Kier molecular flexibility index (Phi) is 13.8.